The third-order valence-corrected chi connectivity index (χ3v) is 3.69. The first-order chi connectivity index (χ1) is 5.37. The minimum Gasteiger partial charge on any atom is -0.385 e. The van der Waals surface area contributed by atoms with Crippen LogP contribution in [0, 0.1) is 0 Å². The van der Waals surface area contributed by atoms with Crippen molar-refractivity contribution in [2.24, 2.45) is 0 Å². The number of hydrogen-bond donors (Lipinski definition) is 1. The average Bonchev–Trinajstić information content (AvgIpc) is 1.97. The summed E-state index contributed by atoms with van der Waals surface area (Å²) in [5.41, 5.74) is 0. The van der Waals surface area contributed by atoms with Crippen LogP contribution in [0.3, 0.4) is 0 Å². The van der Waals surface area contributed by atoms with E-state index in [0.29, 0.717) is 12.5 Å². The Hall–Kier alpha value is 0.167. The van der Waals surface area contributed by atoms with Crippen LogP contribution in [0.2, 0.25) is 12.6 Å². The van der Waals surface area contributed by atoms with Gasteiger partial charge in [0.1, 0.15) is 6.10 Å². The third kappa shape index (κ3) is 5.77. The van der Waals surface area contributed by atoms with Crippen molar-refractivity contribution in [3.05, 3.63) is 12.7 Å². The van der Waals surface area contributed by atoms with Crippen molar-refractivity contribution in [3.8, 4) is 0 Å². The molecule has 0 heterocycles. The Morgan fingerprint density at radius 1 is 1.75 bits per heavy atom. The van der Waals surface area contributed by atoms with Crippen LogP contribution in [-0.2, 0) is 4.79 Å². The SMILES string of the molecule is C=CC(=O)C(O)CC[Si](C)(Cl)Cl. The predicted molar refractivity (Wildman–Crippen MR) is 54.0 cm³/mol. The maximum Gasteiger partial charge on any atom is 0.248 e. The van der Waals surface area contributed by atoms with E-state index >= 15 is 0 Å². The Morgan fingerprint density at radius 3 is 2.58 bits per heavy atom. The molecule has 2 nitrogen and oxygen atoms in total. The lowest BCUT2D eigenvalue weighted by Crippen LogP contribution is -2.22. The molecule has 5 heteroatoms. The van der Waals surface area contributed by atoms with Crippen LogP contribution >= 0.6 is 22.2 Å². The van der Waals surface area contributed by atoms with Crippen LogP contribution in [0.4, 0.5) is 0 Å². The smallest absolute Gasteiger partial charge is 0.248 e. The summed E-state index contributed by atoms with van der Waals surface area (Å²) >= 11 is 11.6. The lowest BCUT2D eigenvalue weighted by atomic mass is 10.2. The highest BCUT2D eigenvalue weighted by Crippen LogP contribution is 2.22. The largest absolute Gasteiger partial charge is 0.385 e. The molecular weight excluding hydrogens is 215 g/mol. The van der Waals surface area contributed by atoms with Gasteiger partial charge < -0.3 is 5.11 Å². The maximum absolute atomic E-state index is 10.8. The fourth-order valence-corrected chi connectivity index (χ4v) is 2.10. The highest BCUT2D eigenvalue weighted by Gasteiger charge is 2.23. The van der Waals surface area contributed by atoms with Crippen LogP contribution in [-0.4, -0.2) is 23.7 Å². The van der Waals surface area contributed by atoms with Gasteiger partial charge in [0.15, 0.2) is 5.78 Å². The molecule has 0 aromatic carbocycles. The van der Waals surface area contributed by atoms with Gasteiger partial charge in [0.2, 0.25) is 6.69 Å². The second-order valence-corrected chi connectivity index (χ2v) is 11.0. The van der Waals surface area contributed by atoms with Crippen molar-refractivity contribution >= 4 is 34.6 Å². The number of carbonyl (C=O) groups is 1. The van der Waals surface area contributed by atoms with E-state index < -0.39 is 12.8 Å². The highest BCUT2D eigenvalue weighted by atomic mass is 35.7. The summed E-state index contributed by atoms with van der Waals surface area (Å²) in [5.74, 6) is -0.374. The van der Waals surface area contributed by atoms with Gasteiger partial charge in [-0.3, -0.25) is 4.79 Å². The maximum atomic E-state index is 10.8. The van der Waals surface area contributed by atoms with Crippen molar-refractivity contribution in [2.75, 3.05) is 0 Å². The van der Waals surface area contributed by atoms with E-state index in [0.717, 1.165) is 6.08 Å². The summed E-state index contributed by atoms with van der Waals surface area (Å²) in [6.45, 7) is 2.83. The Bertz CT molecular complexity index is 177. The Kier molecular flexibility index (Phi) is 5.09. The van der Waals surface area contributed by atoms with Gasteiger partial charge in [-0.25, -0.2) is 0 Å². The highest BCUT2D eigenvalue weighted by molar-refractivity contribution is 7.44. The number of hydrogen-bond acceptors (Lipinski definition) is 2. The van der Waals surface area contributed by atoms with Crippen molar-refractivity contribution in [1.29, 1.82) is 0 Å². The van der Waals surface area contributed by atoms with Gasteiger partial charge in [-0.1, -0.05) is 6.58 Å². The van der Waals surface area contributed by atoms with Gasteiger partial charge in [0, 0.05) is 0 Å². The van der Waals surface area contributed by atoms with Crippen molar-refractivity contribution in [1.82, 2.24) is 0 Å². The summed E-state index contributed by atoms with van der Waals surface area (Å²) in [5, 5.41) is 9.17. The second kappa shape index (κ2) is 5.02. The minimum absolute atomic E-state index is 0.320. The molecule has 0 aromatic heterocycles. The van der Waals surface area contributed by atoms with E-state index in [4.69, 9.17) is 27.3 Å². The Morgan fingerprint density at radius 2 is 2.25 bits per heavy atom. The standard InChI is InChI=1S/C7H12Cl2O2Si/c1-3-6(10)7(11)4-5-12(2,8)9/h3,7,11H,1,4-5H2,2H3. The first kappa shape index (κ1) is 12.2. The van der Waals surface area contributed by atoms with E-state index in [1.165, 1.54) is 0 Å². The molecule has 0 spiro atoms. The van der Waals surface area contributed by atoms with E-state index in [2.05, 4.69) is 6.58 Å². The number of carbonyl (C=O) groups excluding carboxylic acids is 1. The fraction of sp³-hybridized carbons (Fsp3) is 0.571. The lowest BCUT2D eigenvalue weighted by molar-refractivity contribution is -0.122. The second-order valence-electron chi connectivity index (χ2n) is 2.73. The first-order valence-electron chi connectivity index (χ1n) is 3.59. The molecule has 12 heavy (non-hydrogen) atoms. The van der Waals surface area contributed by atoms with Crippen molar-refractivity contribution in [3.63, 3.8) is 0 Å². The van der Waals surface area contributed by atoms with Gasteiger partial charge in [0.25, 0.3) is 0 Å². The number of aliphatic hydroxyl groups is 1. The normalized spacial score (nSPS) is 14.0. The van der Waals surface area contributed by atoms with Crippen LogP contribution in [0.1, 0.15) is 6.42 Å². The number of ketones is 1. The summed E-state index contributed by atoms with van der Waals surface area (Å²) in [6, 6.07) is 0.511. The minimum atomic E-state index is -2.18. The zero-order valence-corrected chi connectivity index (χ0v) is 9.40. The molecule has 70 valence electrons. The molecule has 0 saturated heterocycles. The van der Waals surface area contributed by atoms with Crippen LogP contribution in [0.25, 0.3) is 0 Å². The number of aliphatic hydroxyl groups excluding tert-OH is 1. The fourth-order valence-electron chi connectivity index (χ4n) is 0.668. The van der Waals surface area contributed by atoms with Gasteiger partial charge in [-0.15, -0.1) is 22.2 Å². The number of halogens is 2. The summed E-state index contributed by atoms with van der Waals surface area (Å²) in [7, 11) is 0. The monoisotopic (exact) mass is 226 g/mol. The lowest BCUT2D eigenvalue weighted by Gasteiger charge is -2.11. The van der Waals surface area contributed by atoms with E-state index in [1.54, 1.807) is 6.55 Å². The molecule has 0 saturated carbocycles. The summed E-state index contributed by atoms with van der Waals surface area (Å²) in [4.78, 5) is 10.8. The van der Waals surface area contributed by atoms with Gasteiger partial charge >= 0.3 is 0 Å². The topological polar surface area (TPSA) is 37.3 Å². The van der Waals surface area contributed by atoms with Crippen LogP contribution in [0.15, 0.2) is 12.7 Å². The molecule has 0 aliphatic heterocycles. The van der Waals surface area contributed by atoms with Crippen molar-refractivity contribution < 1.29 is 9.90 Å². The van der Waals surface area contributed by atoms with E-state index in [-0.39, 0.29) is 5.78 Å². The summed E-state index contributed by atoms with van der Waals surface area (Å²) < 4.78 is 0. The predicted octanol–water partition coefficient (Wildman–Crippen LogP) is 2.04. The molecule has 0 fully saturated rings. The van der Waals surface area contributed by atoms with E-state index in [1.807, 2.05) is 0 Å². The van der Waals surface area contributed by atoms with Gasteiger partial charge in [0.05, 0.1) is 0 Å². The Balaban J connectivity index is 3.79. The molecule has 0 bridgehead atoms. The first-order valence-corrected chi connectivity index (χ1v) is 8.32. The van der Waals surface area contributed by atoms with Gasteiger partial charge in [-0.2, -0.15) is 0 Å². The molecule has 0 radical (unpaired) electrons. The molecular formula is C7H12Cl2O2Si. The molecule has 1 atom stereocenters. The molecule has 1 N–H and O–H groups in total. The van der Waals surface area contributed by atoms with Crippen LogP contribution < -0.4 is 0 Å². The Labute approximate surface area is 82.6 Å². The van der Waals surface area contributed by atoms with Gasteiger partial charge in [-0.05, 0) is 25.1 Å². The van der Waals surface area contributed by atoms with Crippen LogP contribution in [0.5, 0.6) is 0 Å². The number of rotatable bonds is 5. The summed E-state index contributed by atoms with van der Waals surface area (Å²) in [6.07, 6.45) is 0.430. The zero-order chi connectivity index (χ0) is 9.78. The molecule has 0 aromatic rings. The molecule has 0 amide bonds. The zero-order valence-electron chi connectivity index (χ0n) is 6.89. The molecule has 0 aliphatic rings. The molecule has 1 unspecified atom stereocenters. The average molecular weight is 227 g/mol. The van der Waals surface area contributed by atoms with E-state index in [9.17, 15) is 4.79 Å². The van der Waals surface area contributed by atoms with Crippen molar-refractivity contribution in [2.45, 2.75) is 25.1 Å². The molecule has 0 aliphatic carbocycles. The third-order valence-electron chi connectivity index (χ3n) is 1.39. The quantitative estimate of drug-likeness (QED) is 0.443. The molecule has 0 rings (SSSR count).